The van der Waals surface area contributed by atoms with Crippen molar-refractivity contribution in [2.24, 2.45) is 0 Å². The molecule has 0 aliphatic heterocycles. The van der Waals surface area contributed by atoms with E-state index in [0.717, 1.165) is 5.56 Å². The highest BCUT2D eigenvalue weighted by molar-refractivity contribution is 5.91. The van der Waals surface area contributed by atoms with Crippen molar-refractivity contribution in [3.63, 3.8) is 0 Å². The molecule has 31 heavy (non-hydrogen) atoms. The Balaban J connectivity index is 1.62. The van der Waals surface area contributed by atoms with E-state index in [-0.39, 0.29) is 18.2 Å². The second kappa shape index (κ2) is 9.35. The maximum atomic E-state index is 12.0. The van der Waals surface area contributed by atoms with Gasteiger partial charge in [0.15, 0.2) is 6.61 Å². The van der Waals surface area contributed by atoms with Crippen LogP contribution < -0.4 is 21.3 Å². The van der Waals surface area contributed by atoms with Crippen LogP contribution in [0.1, 0.15) is 16.8 Å². The smallest absolute Gasteiger partial charge is 0.357 e. The number of nitrogens with zero attached hydrogens (tertiary/aromatic N) is 1. The van der Waals surface area contributed by atoms with Crippen LogP contribution in [0.15, 0.2) is 58.1 Å². The maximum Gasteiger partial charge on any atom is 0.357 e. The summed E-state index contributed by atoms with van der Waals surface area (Å²) in [5.74, 6) is 0.144. The average Bonchev–Trinajstić information content (AvgIpc) is 2.72. The number of aromatic amines is 2. The normalized spacial score (nSPS) is 10.7. The fourth-order valence-corrected chi connectivity index (χ4v) is 2.64. The Kier molecular flexibility index (Phi) is 6.41. The third kappa shape index (κ3) is 5.76. The number of benzene rings is 2. The standard InChI is InChI=1S/C21H18N4O6/c1-13-2-7-15(8-3-13)22-18(26)12-31-16-9-4-14(5-10-16)6-11-17-19(25(29)30)20(27)24-21(28)23-17/h2-11H,12H2,1H3,(H,22,26)(H2,23,24,27,28)/b11-6-. The van der Waals surface area contributed by atoms with Crippen LogP contribution in [-0.4, -0.2) is 27.4 Å². The summed E-state index contributed by atoms with van der Waals surface area (Å²) in [6.07, 6.45) is 2.76. The minimum atomic E-state index is -1.08. The summed E-state index contributed by atoms with van der Waals surface area (Å²) in [6, 6.07) is 13.9. The van der Waals surface area contributed by atoms with Gasteiger partial charge >= 0.3 is 16.9 Å². The molecule has 10 heteroatoms. The molecule has 2 aromatic carbocycles. The number of hydrogen-bond acceptors (Lipinski definition) is 6. The van der Waals surface area contributed by atoms with Gasteiger partial charge in [-0.2, -0.15) is 0 Å². The van der Waals surface area contributed by atoms with E-state index in [1.807, 2.05) is 24.0 Å². The topological polar surface area (TPSA) is 147 Å². The van der Waals surface area contributed by atoms with Crippen molar-refractivity contribution in [3.05, 3.63) is 96.3 Å². The van der Waals surface area contributed by atoms with Gasteiger partial charge in [0, 0.05) is 5.69 Å². The first-order valence-corrected chi connectivity index (χ1v) is 9.10. The van der Waals surface area contributed by atoms with Crippen molar-refractivity contribution >= 4 is 29.4 Å². The molecule has 0 spiro atoms. The van der Waals surface area contributed by atoms with Gasteiger partial charge in [-0.3, -0.25) is 24.7 Å². The molecule has 0 fully saturated rings. The maximum absolute atomic E-state index is 12.0. The molecule has 0 bridgehead atoms. The molecule has 3 aromatic rings. The van der Waals surface area contributed by atoms with E-state index in [4.69, 9.17) is 4.74 Å². The first-order valence-electron chi connectivity index (χ1n) is 9.10. The third-order valence-corrected chi connectivity index (χ3v) is 4.16. The summed E-state index contributed by atoms with van der Waals surface area (Å²) >= 11 is 0. The lowest BCUT2D eigenvalue weighted by molar-refractivity contribution is -0.386. The predicted molar refractivity (Wildman–Crippen MR) is 115 cm³/mol. The number of carbonyl (C=O) groups excluding carboxylic acids is 1. The SMILES string of the molecule is Cc1ccc(NC(=O)COc2ccc(/C=C\c3[nH]c(=O)[nH]c(=O)c3[N+](=O)[O-])cc2)cc1. The molecule has 1 heterocycles. The first kappa shape index (κ1) is 21.2. The molecule has 0 saturated carbocycles. The summed E-state index contributed by atoms with van der Waals surface area (Å²) in [5.41, 5.74) is -0.506. The second-order valence-electron chi connectivity index (χ2n) is 6.53. The minimum absolute atomic E-state index is 0.177. The number of H-pyrrole nitrogens is 2. The van der Waals surface area contributed by atoms with Crippen LogP contribution in [0.2, 0.25) is 0 Å². The minimum Gasteiger partial charge on any atom is -0.484 e. The zero-order valence-electron chi connectivity index (χ0n) is 16.4. The van der Waals surface area contributed by atoms with Gasteiger partial charge in [-0.25, -0.2) is 4.79 Å². The molecule has 0 atom stereocenters. The summed E-state index contributed by atoms with van der Waals surface area (Å²) in [4.78, 5) is 49.2. The lowest BCUT2D eigenvalue weighted by atomic mass is 10.2. The Morgan fingerprint density at radius 1 is 1.06 bits per heavy atom. The molecule has 158 valence electrons. The number of hydrogen-bond donors (Lipinski definition) is 3. The van der Waals surface area contributed by atoms with Crippen LogP contribution >= 0.6 is 0 Å². The highest BCUT2D eigenvalue weighted by Crippen LogP contribution is 2.16. The van der Waals surface area contributed by atoms with Crippen molar-refractivity contribution in [1.29, 1.82) is 0 Å². The first-order chi connectivity index (χ1) is 14.8. The monoisotopic (exact) mass is 422 g/mol. The highest BCUT2D eigenvalue weighted by atomic mass is 16.6. The molecule has 0 unspecified atom stereocenters. The van der Waals surface area contributed by atoms with E-state index in [2.05, 4.69) is 10.3 Å². The van der Waals surface area contributed by atoms with Gasteiger partial charge in [-0.05, 0) is 42.8 Å². The van der Waals surface area contributed by atoms with Gasteiger partial charge in [0.1, 0.15) is 11.4 Å². The van der Waals surface area contributed by atoms with Gasteiger partial charge in [0.25, 0.3) is 5.91 Å². The molecule has 1 aromatic heterocycles. The predicted octanol–water partition coefficient (Wildman–Crippen LogP) is 2.47. The summed E-state index contributed by atoms with van der Waals surface area (Å²) in [7, 11) is 0. The number of nitrogens with one attached hydrogen (secondary N) is 3. The average molecular weight is 422 g/mol. The molecule has 3 N–H and O–H groups in total. The number of nitro groups is 1. The molecule has 1 amide bonds. The van der Waals surface area contributed by atoms with Crippen LogP contribution in [0.3, 0.4) is 0 Å². The Labute approximate surface area is 175 Å². The van der Waals surface area contributed by atoms with Crippen molar-refractivity contribution < 1.29 is 14.5 Å². The summed E-state index contributed by atoms with van der Waals surface area (Å²) in [5, 5.41) is 13.8. The van der Waals surface area contributed by atoms with Crippen LogP contribution in [0.4, 0.5) is 11.4 Å². The summed E-state index contributed by atoms with van der Waals surface area (Å²) in [6.45, 7) is 1.77. The number of amides is 1. The number of carbonyl (C=O) groups is 1. The molecular weight excluding hydrogens is 404 g/mol. The number of anilines is 1. The third-order valence-electron chi connectivity index (χ3n) is 4.16. The second-order valence-corrected chi connectivity index (χ2v) is 6.53. The molecule has 3 rings (SSSR count). The van der Waals surface area contributed by atoms with E-state index in [1.165, 1.54) is 12.2 Å². The van der Waals surface area contributed by atoms with Crippen molar-refractivity contribution in [3.8, 4) is 5.75 Å². The highest BCUT2D eigenvalue weighted by Gasteiger charge is 2.18. The Hall–Kier alpha value is -4.47. The fourth-order valence-electron chi connectivity index (χ4n) is 2.64. The van der Waals surface area contributed by atoms with Crippen LogP contribution in [0.25, 0.3) is 12.2 Å². The van der Waals surface area contributed by atoms with Gasteiger partial charge < -0.3 is 15.0 Å². The fraction of sp³-hybridized carbons (Fsp3) is 0.0952. The largest absolute Gasteiger partial charge is 0.484 e. The van der Waals surface area contributed by atoms with Gasteiger partial charge in [0.05, 0.1) is 4.92 Å². The van der Waals surface area contributed by atoms with Crippen molar-refractivity contribution in [2.45, 2.75) is 6.92 Å². The lowest BCUT2D eigenvalue weighted by Crippen LogP contribution is -2.25. The zero-order chi connectivity index (χ0) is 22.4. The molecule has 0 aliphatic carbocycles. The number of aryl methyl sites for hydroxylation is 1. The Morgan fingerprint density at radius 2 is 1.74 bits per heavy atom. The molecule has 0 saturated heterocycles. The van der Waals surface area contributed by atoms with Gasteiger partial charge in [0.2, 0.25) is 0 Å². The summed E-state index contributed by atoms with van der Waals surface area (Å²) < 4.78 is 5.45. The number of aromatic nitrogens is 2. The number of rotatable bonds is 7. The zero-order valence-corrected chi connectivity index (χ0v) is 16.4. The van der Waals surface area contributed by atoms with E-state index in [0.29, 0.717) is 17.0 Å². The van der Waals surface area contributed by atoms with Crippen molar-refractivity contribution in [2.75, 3.05) is 11.9 Å². The Bertz CT molecular complexity index is 1240. The lowest BCUT2D eigenvalue weighted by Gasteiger charge is -2.08. The van der Waals surface area contributed by atoms with Gasteiger partial charge in [-0.15, -0.1) is 0 Å². The Morgan fingerprint density at radius 3 is 2.39 bits per heavy atom. The molecular formula is C21H18N4O6. The van der Waals surface area contributed by atoms with Crippen LogP contribution in [0.5, 0.6) is 5.75 Å². The van der Waals surface area contributed by atoms with Crippen LogP contribution in [0, 0.1) is 17.0 Å². The van der Waals surface area contributed by atoms with E-state index >= 15 is 0 Å². The quantitative estimate of drug-likeness (QED) is 0.394. The van der Waals surface area contributed by atoms with Crippen LogP contribution in [-0.2, 0) is 4.79 Å². The van der Waals surface area contributed by atoms with Crippen molar-refractivity contribution in [1.82, 2.24) is 9.97 Å². The van der Waals surface area contributed by atoms with Gasteiger partial charge in [-0.1, -0.05) is 35.9 Å². The molecule has 0 radical (unpaired) electrons. The van der Waals surface area contributed by atoms with E-state index in [1.54, 1.807) is 36.4 Å². The molecule has 10 nitrogen and oxygen atoms in total. The van der Waals surface area contributed by atoms with E-state index < -0.39 is 21.9 Å². The number of ether oxygens (including phenoxy) is 1. The van der Waals surface area contributed by atoms with E-state index in [9.17, 15) is 24.5 Å². The molecule has 0 aliphatic rings.